The van der Waals surface area contributed by atoms with Crippen molar-refractivity contribution < 1.29 is 4.79 Å². The minimum absolute atomic E-state index is 0.0163. The predicted octanol–water partition coefficient (Wildman–Crippen LogP) is 2.19. The minimum Gasteiger partial charge on any atom is -0.345 e. The van der Waals surface area contributed by atoms with E-state index in [0.29, 0.717) is 0 Å². The van der Waals surface area contributed by atoms with Crippen molar-refractivity contribution in [1.82, 2.24) is 5.32 Å². The fourth-order valence-corrected chi connectivity index (χ4v) is 1.76. The van der Waals surface area contributed by atoms with E-state index in [1.54, 1.807) is 6.08 Å². The van der Waals surface area contributed by atoms with E-state index in [9.17, 15) is 4.79 Å². The molecule has 1 N–H and O–H groups in total. The monoisotopic (exact) mass is 187 g/mol. The summed E-state index contributed by atoms with van der Waals surface area (Å²) < 4.78 is 0. The molecule has 0 spiro atoms. The quantitative estimate of drug-likeness (QED) is 0.717. The summed E-state index contributed by atoms with van der Waals surface area (Å²) in [7, 11) is 0. The van der Waals surface area contributed by atoms with Gasteiger partial charge in [-0.2, -0.15) is 0 Å². The summed E-state index contributed by atoms with van der Waals surface area (Å²) >= 11 is 0. The molecule has 0 aliphatic carbocycles. The number of carbonyl (C=O) groups excluding carboxylic acids is 1. The van der Waals surface area contributed by atoms with Crippen LogP contribution in [0, 0.1) is 0 Å². The van der Waals surface area contributed by atoms with Crippen LogP contribution < -0.4 is 5.32 Å². The third kappa shape index (κ3) is 1.84. The van der Waals surface area contributed by atoms with Crippen LogP contribution >= 0.6 is 0 Å². The van der Waals surface area contributed by atoms with Crippen LogP contribution in [0.25, 0.3) is 0 Å². The molecule has 14 heavy (non-hydrogen) atoms. The van der Waals surface area contributed by atoms with Crippen molar-refractivity contribution in [3.8, 4) is 0 Å². The normalized spacial score (nSPS) is 21.4. The third-order valence-corrected chi connectivity index (χ3v) is 2.42. The Labute approximate surface area is 83.6 Å². The molecule has 1 aliphatic rings. The van der Waals surface area contributed by atoms with Crippen LogP contribution in [-0.2, 0) is 4.79 Å². The molecule has 0 bridgehead atoms. The summed E-state index contributed by atoms with van der Waals surface area (Å²) in [4.78, 5) is 11.3. The molecule has 1 aliphatic heterocycles. The lowest BCUT2D eigenvalue weighted by Crippen LogP contribution is -2.30. The number of amides is 1. The first-order valence-electron chi connectivity index (χ1n) is 4.78. The Balaban J connectivity index is 2.22. The Morgan fingerprint density at radius 3 is 2.64 bits per heavy atom. The van der Waals surface area contributed by atoms with Gasteiger partial charge in [0.25, 0.3) is 0 Å². The highest BCUT2D eigenvalue weighted by molar-refractivity contribution is 5.89. The zero-order chi connectivity index (χ0) is 9.97. The molecule has 2 heteroatoms. The van der Waals surface area contributed by atoms with Crippen LogP contribution in [-0.4, -0.2) is 5.91 Å². The Morgan fingerprint density at radius 2 is 2.00 bits per heavy atom. The van der Waals surface area contributed by atoms with Gasteiger partial charge in [0, 0.05) is 6.08 Å². The number of benzene rings is 1. The third-order valence-electron chi connectivity index (χ3n) is 2.42. The molecule has 2 nitrogen and oxygen atoms in total. The van der Waals surface area contributed by atoms with Crippen molar-refractivity contribution in [1.29, 1.82) is 0 Å². The Kier molecular flexibility index (Phi) is 2.35. The van der Waals surface area contributed by atoms with Crippen LogP contribution in [0.5, 0.6) is 0 Å². The number of hydrogen-bond acceptors (Lipinski definition) is 1. The fourth-order valence-electron chi connectivity index (χ4n) is 1.76. The maximum absolute atomic E-state index is 11.3. The first-order valence-corrected chi connectivity index (χ1v) is 4.78. The molecule has 0 saturated heterocycles. The van der Waals surface area contributed by atoms with Crippen LogP contribution in [0.1, 0.15) is 24.9 Å². The molecule has 72 valence electrons. The van der Waals surface area contributed by atoms with Crippen molar-refractivity contribution in [3.05, 3.63) is 47.5 Å². The lowest BCUT2D eigenvalue weighted by atomic mass is 9.96. The molecule has 1 unspecified atom stereocenters. The standard InChI is InChI=1S/C12H13NO/c1-9-7-11(13-12(14)8-9)10-5-3-2-4-6-10/h2-6,8,11H,7H2,1H3,(H,13,14). The van der Waals surface area contributed by atoms with Gasteiger partial charge in [-0.3, -0.25) is 4.79 Å². The van der Waals surface area contributed by atoms with Crippen molar-refractivity contribution >= 4 is 5.91 Å². The minimum atomic E-state index is 0.0163. The van der Waals surface area contributed by atoms with Crippen molar-refractivity contribution in [2.45, 2.75) is 19.4 Å². The second kappa shape index (κ2) is 3.66. The molecule has 1 aromatic carbocycles. The van der Waals surface area contributed by atoms with Crippen LogP contribution in [0.2, 0.25) is 0 Å². The van der Waals surface area contributed by atoms with Crippen LogP contribution in [0.3, 0.4) is 0 Å². The van der Waals surface area contributed by atoms with Gasteiger partial charge in [-0.1, -0.05) is 35.9 Å². The highest BCUT2D eigenvalue weighted by atomic mass is 16.1. The number of carbonyl (C=O) groups is 1. The highest BCUT2D eigenvalue weighted by Crippen LogP contribution is 2.23. The number of nitrogens with one attached hydrogen (secondary N) is 1. The fraction of sp³-hybridized carbons (Fsp3) is 0.250. The first kappa shape index (κ1) is 9.00. The molecule has 2 rings (SSSR count). The van der Waals surface area contributed by atoms with E-state index < -0.39 is 0 Å². The first-order chi connectivity index (χ1) is 6.75. The van der Waals surface area contributed by atoms with E-state index in [4.69, 9.17) is 0 Å². The summed E-state index contributed by atoms with van der Waals surface area (Å²) in [6.07, 6.45) is 2.58. The zero-order valence-corrected chi connectivity index (χ0v) is 8.16. The maximum atomic E-state index is 11.3. The molecular weight excluding hydrogens is 174 g/mol. The zero-order valence-electron chi connectivity index (χ0n) is 8.16. The van der Waals surface area contributed by atoms with Gasteiger partial charge in [-0.05, 0) is 18.9 Å². The molecule has 1 aromatic rings. The van der Waals surface area contributed by atoms with E-state index in [-0.39, 0.29) is 11.9 Å². The molecule has 0 radical (unpaired) electrons. The van der Waals surface area contributed by atoms with Crippen molar-refractivity contribution in [2.75, 3.05) is 0 Å². The summed E-state index contributed by atoms with van der Waals surface area (Å²) in [5, 5.41) is 2.95. The molecule has 0 saturated carbocycles. The van der Waals surface area contributed by atoms with Gasteiger partial charge in [0.2, 0.25) is 5.91 Å². The summed E-state index contributed by atoms with van der Waals surface area (Å²) in [6, 6.07) is 10.2. The molecular formula is C12H13NO. The van der Waals surface area contributed by atoms with Crippen LogP contribution in [0.4, 0.5) is 0 Å². The number of rotatable bonds is 1. The van der Waals surface area contributed by atoms with Gasteiger partial charge in [-0.25, -0.2) is 0 Å². The second-order valence-corrected chi connectivity index (χ2v) is 3.67. The number of hydrogen-bond donors (Lipinski definition) is 1. The van der Waals surface area contributed by atoms with E-state index in [1.807, 2.05) is 37.3 Å². The Hall–Kier alpha value is -1.57. The van der Waals surface area contributed by atoms with Gasteiger partial charge < -0.3 is 5.32 Å². The van der Waals surface area contributed by atoms with Gasteiger partial charge in [0.1, 0.15) is 0 Å². The average molecular weight is 187 g/mol. The van der Waals surface area contributed by atoms with Gasteiger partial charge in [0.15, 0.2) is 0 Å². The lowest BCUT2D eigenvalue weighted by molar-refractivity contribution is -0.117. The summed E-state index contributed by atoms with van der Waals surface area (Å²) in [5.41, 5.74) is 2.32. The van der Waals surface area contributed by atoms with E-state index >= 15 is 0 Å². The Morgan fingerprint density at radius 1 is 1.29 bits per heavy atom. The molecule has 1 atom stereocenters. The Bertz CT molecular complexity index is 367. The maximum Gasteiger partial charge on any atom is 0.244 e. The van der Waals surface area contributed by atoms with Crippen molar-refractivity contribution in [2.24, 2.45) is 0 Å². The van der Waals surface area contributed by atoms with Gasteiger partial charge in [0.05, 0.1) is 6.04 Å². The molecule has 1 heterocycles. The van der Waals surface area contributed by atoms with Crippen LogP contribution in [0.15, 0.2) is 42.0 Å². The van der Waals surface area contributed by atoms with Gasteiger partial charge >= 0.3 is 0 Å². The largest absolute Gasteiger partial charge is 0.345 e. The van der Waals surface area contributed by atoms with Gasteiger partial charge in [-0.15, -0.1) is 0 Å². The smallest absolute Gasteiger partial charge is 0.244 e. The lowest BCUT2D eigenvalue weighted by Gasteiger charge is -2.22. The predicted molar refractivity (Wildman–Crippen MR) is 55.7 cm³/mol. The van der Waals surface area contributed by atoms with E-state index in [2.05, 4.69) is 5.32 Å². The second-order valence-electron chi connectivity index (χ2n) is 3.67. The summed E-state index contributed by atoms with van der Waals surface area (Å²) in [5.74, 6) is 0.0163. The summed E-state index contributed by atoms with van der Waals surface area (Å²) in [6.45, 7) is 1.99. The molecule has 0 aromatic heterocycles. The highest BCUT2D eigenvalue weighted by Gasteiger charge is 2.18. The topological polar surface area (TPSA) is 29.1 Å². The van der Waals surface area contributed by atoms with Crippen molar-refractivity contribution in [3.63, 3.8) is 0 Å². The molecule has 1 amide bonds. The average Bonchev–Trinajstić information content (AvgIpc) is 2.18. The van der Waals surface area contributed by atoms with E-state index in [0.717, 1.165) is 12.0 Å². The van der Waals surface area contributed by atoms with E-state index in [1.165, 1.54) is 5.56 Å². The molecule has 0 fully saturated rings. The SMILES string of the molecule is CC1=CC(=O)NC(c2ccccc2)C1.